The molecule has 2 amide bonds. The molecule has 1 unspecified atom stereocenters. The van der Waals surface area contributed by atoms with Crippen LogP contribution in [0.15, 0.2) is 24.4 Å². The summed E-state index contributed by atoms with van der Waals surface area (Å²) in [5.41, 5.74) is 0.661. The molecule has 0 aliphatic carbocycles. The van der Waals surface area contributed by atoms with Gasteiger partial charge in [0.1, 0.15) is 6.54 Å². The molecule has 2 N–H and O–H groups in total. The molecule has 6 nitrogen and oxygen atoms in total. The number of rotatable bonds is 3. The first-order valence-electron chi connectivity index (χ1n) is 5.01. The quantitative estimate of drug-likeness (QED) is 0.562. The lowest BCUT2D eigenvalue weighted by Crippen LogP contribution is -2.41. The van der Waals surface area contributed by atoms with Crippen molar-refractivity contribution >= 4 is 11.8 Å². The number of hydrogen-bond donors (Lipinski definition) is 2. The lowest BCUT2D eigenvalue weighted by Gasteiger charge is -2.12. The van der Waals surface area contributed by atoms with Gasteiger partial charge in [0, 0.05) is 6.20 Å². The lowest BCUT2D eigenvalue weighted by atomic mass is 10.2. The normalized spacial score (nSPS) is 11.1. The summed E-state index contributed by atoms with van der Waals surface area (Å²) in [4.78, 5) is 26.6. The van der Waals surface area contributed by atoms with Gasteiger partial charge in [-0.2, -0.15) is 5.26 Å². The average Bonchev–Trinajstić information content (AvgIpc) is 2.36. The van der Waals surface area contributed by atoms with Crippen LogP contribution >= 0.6 is 0 Å². The van der Waals surface area contributed by atoms with Crippen LogP contribution in [0.25, 0.3) is 0 Å². The number of nitriles is 1. The van der Waals surface area contributed by atoms with Gasteiger partial charge < -0.3 is 10.6 Å². The second kappa shape index (κ2) is 6.23. The predicted octanol–water partition coefficient (Wildman–Crippen LogP) is -0.101. The second-order valence-electron chi connectivity index (χ2n) is 3.29. The van der Waals surface area contributed by atoms with Gasteiger partial charge in [0.2, 0.25) is 0 Å². The topological polar surface area (TPSA) is 94.9 Å². The van der Waals surface area contributed by atoms with Crippen LogP contribution in [0.1, 0.15) is 18.7 Å². The van der Waals surface area contributed by atoms with E-state index in [2.05, 4.69) is 15.6 Å². The fourth-order valence-corrected chi connectivity index (χ4v) is 1.17. The maximum atomic E-state index is 11.4. The van der Waals surface area contributed by atoms with Crippen LogP contribution in [0.5, 0.6) is 0 Å². The highest BCUT2D eigenvalue weighted by Gasteiger charge is 2.16. The maximum absolute atomic E-state index is 11.4. The Morgan fingerprint density at radius 2 is 2.24 bits per heavy atom. The summed E-state index contributed by atoms with van der Waals surface area (Å²) in [5, 5.41) is 12.9. The first kappa shape index (κ1) is 12.6. The fraction of sp³-hybridized carbons (Fsp3) is 0.273. The van der Waals surface area contributed by atoms with Crippen LogP contribution in [0, 0.1) is 11.3 Å². The van der Waals surface area contributed by atoms with E-state index < -0.39 is 11.8 Å². The molecule has 0 bridgehead atoms. The van der Waals surface area contributed by atoms with Crippen LogP contribution in [-0.4, -0.2) is 23.3 Å². The summed E-state index contributed by atoms with van der Waals surface area (Å²) in [6.07, 6.45) is 1.60. The number of hydrogen-bond acceptors (Lipinski definition) is 4. The third-order valence-electron chi connectivity index (χ3n) is 2.01. The van der Waals surface area contributed by atoms with Crippen LogP contribution in [-0.2, 0) is 9.59 Å². The highest BCUT2D eigenvalue weighted by molar-refractivity contribution is 6.35. The molecular formula is C11H12N4O2. The van der Waals surface area contributed by atoms with Crippen molar-refractivity contribution in [1.82, 2.24) is 15.6 Å². The molecule has 1 aromatic rings. The molecule has 1 rings (SSSR count). The van der Waals surface area contributed by atoms with Gasteiger partial charge in [0.05, 0.1) is 17.8 Å². The number of nitrogens with one attached hydrogen (secondary N) is 2. The van der Waals surface area contributed by atoms with Gasteiger partial charge in [-0.1, -0.05) is 6.07 Å². The van der Waals surface area contributed by atoms with Crippen LogP contribution in [0.2, 0.25) is 0 Å². The summed E-state index contributed by atoms with van der Waals surface area (Å²) in [5.74, 6) is -1.60. The van der Waals surface area contributed by atoms with E-state index in [1.807, 2.05) is 0 Å². The number of pyridine rings is 1. The fourth-order valence-electron chi connectivity index (χ4n) is 1.17. The van der Waals surface area contributed by atoms with E-state index in [0.717, 1.165) is 0 Å². The third-order valence-corrected chi connectivity index (χ3v) is 2.01. The Hall–Kier alpha value is -2.42. The van der Waals surface area contributed by atoms with Gasteiger partial charge in [-0.3, -0.25) is 14.6 Å². The van der Waals surface area contributed by atoms with Crippen molar-refractivity contribution < 1.29 is 9.59 Å². The largest absolute Gasteiger partial charge is 0.340 e. The number of carbonyl (C=O) groups excluding carboxylic acids is 2. The molecule has 17 heavy (non-hydrogen) atoms. The van der Waals surface area contributed by atoms with E-state index in [4.69, 9.17) is 5.26 Å². The van der Waals surface area contributed by atoms with E-state index in [1.165, 1.54) is 0 Å². The smallest absolute Gasteiger partial charge is 0.310 e. The van der Waals surface area contributed by atoms with Crippen LogP contribution in [0.4, 0.5) is 0 Å². The van der Waals surface area contributed by atoms with E-state index >= 15 is 0 Å². The Kier molecular flexibility index (Phi) is 4.63. The minimum atomic E-state index is -0.825. The van der Waals surface area contributed by atoms with E-state index in [1.54, 1.807) is 37.4 Å². The van der Waals surface area contributed by atoms with Crippen molar-refractivity contribution in [3.05, 3.63) is 30.1 Å². The zero-order chi connectivity index (χ0) is 12.7. The van der Waals surface area contributed by atoms with Crippen LogP contribution in [0.3, 0.4) is 0 Å². The molecule has 0 radical (unpaired) electrons. The highest BCUT2D eigenvalue weighted by atomic mass is 16.2. The molecule has 1 heterocycles. The van der Waals surface area contributed by atoms with Crippen molar-refractivity contribution in [3.63, 3.8) is 0 Å². The van der Waals surface area contributed by atoms with Crippen molar-refractivity contribution in [1.29, 1.82) is 5.26 Å². The minimum Gasteiger partial charge on any atom is -0.340 e. The molecule has 0 spiro atoms. The number of amides is 2. The SMILES string of the molecule is CC(NC(=O)C(=O)NCC#N)c1ccccn1. The molecule has 0 aromatic carbocycles. The highest BCUT2D eigenvalue weighted by Crippen LogP contribution is 2.06. The summed E-state index contributed by atoms with van der Waals surface area (Å²) < 4.78 is 0. The summed E-state index contributed by atoms with van der Waals surface area (Å²) >= 11 is 0. The van der Waals surface area contributed by atoms with Crippen LogP contribution < -0.4 is 10.6 Å². The molecule has 0 saturated heterocycles. The Labute approximate surface area is 98.7 Å². The van der Waals surface area contributed by atoms with Gasteiger partial charge in [-0.15, -0.1) is 0 Å². The lowest BCUT2D eigenvalue weighted by molar-refractivity contribution is -0.139. The van der Waals surface area contributed by atoms with Gasteiger partial charge in [-0.25, -0.2) is 0 Å². The molecule has 88 valence electrons. The molecule has 1 atom stereocenters. The van der Waals surface area contributed by atoms with Gasteiger partial charge in [0.15, 0.2) is 0 Å². The molecular weight excluding hydrogens is 220 g/mol. The average molecular weight is 232 g/mol. The first-order valence-corrected chi connectivity index (χ1v) is 5.01. The maximum Gasteiger partial charge on any atom is 0.310 e. The zero-order valence-corrected chi connectivity index (χ0v) is 9.30. The summed E-state index contributed by atoms with van der Waals surface area (Å²) in [6.45, 7) is 1.53. The van der Waals surface area contributed by atoms with Crippen molar-refractivity contribution in [2.45, 2.75) is 13.0 Å². The zero-order valence-electron chi connectivity index (χ0n) is 9.30. The van der Waals surface area contributed by atoms with Crippen molar-refractivity contribution in [3.8, 4) is 6.07 Å². The number of carbonyl (C=O) groups is 2. The van der Waals surface area contributed by atoms with E-state index in [-0.39, 0.29) is 12.6 Å². The number of nitrogens with zero attached hydrogens (tertiary/aromatic N) is 2. The van der Waals surface area contributed by atoms with Gasteiger partial charge >= 0.3 is 11.8 Å². The molecule has 1 aromatic heterocycles. The molecule has 0 saturated carbocycles. The third kappa shape index (κ3) is 3.91. The first-order chi connectivity index (χ1) is 8.15. The molecule has 0 aliphatic rings. The number of aromatic nitrogens is 1. The Bertz CT molecular complexity index is 439. The predicted molar refractivity (Wildman–Crippen MR) is 59.4 cm³/mol. The standard InChI is InChI=1S/C11H12N4O2/c1-8(9-4-2-3-6-13-9)15-11(17)10(16)14-7-5-12/h2-4,6,8H,7H2,1H3,(H,14,16)(H,15,17). The summed E-state index contributed by atoms with van der Waals surface area (Å²) in [6, 6.07) is 6.65. The van der Waals surface area contributed by atoms with Gasteiger partial charge in [-0.05, 0) is 19.1 Å². The molecule has 0 aliphatic heterocycles. The Morgan fingerprint density at radius 3 is 2.82 bits per heavy atom. The second-order valence-corrected chi connectivity index (χ2v) is 3.29. The minimum absolute atomic E-state index is 0.190. The van der Waals surface area contributed by atoms with E-state index in [0.29, 0.717) is 5.69 Å². The summed E-state index contributed by atoms with van der Waals surface area (Å²) in [7, 11) is 0. The molecule has 6 heteroatoms. The Balaban J connectivity index is 2.52. The van der Waals surface area contributed by atoms with E-state index in [9.17, 15) is 9.59 Å². The van der Waals surface area contributed by atoms with Crippen molar-refractivity contribution in [2.24, 2.45) is 0 Å². The van der Waals surface area contributed by atoms with Gasteiger partial charge in [0.25, 0.3) is 0 Å². The monoisotopic (exact) mass is 232 g/mol. The molecule has 0 fully saturated rings. The Morgan fingerprint density at radius 1 is 1.47 bits per heavy atom. The van der Waals surface area contributed by atoms with Crippen molar-refractivity contribution in [2.75, 3.05) is 6.54 Å².